The Kier molecular flexibility index (Phi) is 23.1. The van der Waals surface area contributed by atoms with Crippen molar-refractivity contribution in [3.8, 4) is 11.5 Å². The molecule has 4 amide bonds. The van der Waals surface area contributed by atoms with E-state index in [1.807, 2.05) is 0 Å². The Morgan fingerprint density at radius 1 is 0.449 bits per heavy atom. The van der Waals surface area contributed by atoms with Gasteiger partial charge in [-0.15, -0.1) is 0 Å². The first-order valence-electron chi connectivity index (χ1n) is 22.9. The van der Waals surface area contributed by atoms with Gasteiger partial charge in [0.15, 0.2) is 11.6 Å². The first-order valence-corrected chi connectivity index (χ1v) is 22.9. The lowest BCUT2D eigenvalue weighted by Gasteiger charge is -2.23. The van der Waals surface area contributed by atoms with Gasteiger partial charge in [0.05, 0.1) is 6.42 Å². The molecule has 0 bridgehead atoms. The summed E-state index contributed by atoms with van der Waals surface area (Å²) < 4.78 is 32.2. The maximum Gasteiger partial charge on any atom is 0.408 e. The predicted molar refractivity (Wildman–Crippen MR) is 259 cm³/mol. The summed E-state index contributed by atoms with van der Waals surface area (Å²) in [5.41, 5.74) is -1.70. The number of amides is 4. The van der Waals surface area contributed by atoms with Crippen LogP contribution in [-0.2, 0) is 38.1 Å². The van der Waals surface area contributed by atoms with E-state index in [2.05, 4.69) is 21.3 Å². The highest BCUT2D eigenvalue weighted by molar-refractivity contribution is 6.10. The molecule has 0 spiro atoms. The van der Waals surface area contributed by atoms with Gasteiger partial charge in [-0.1, -0.05) is 36.4 Å². The Balaban J connectivity index is 1.94. The second-order valence-corrected chi connectivity index (χ2v) is 20.0. The van der Waals surface area contributed by atoms with Crippen LogP contribution in [0.5, 0.6) is 11.5 Å². The number of ether oxygens (including phenoxy) is 6. The maximum atomic E-state index is 13.2. The summed E-state index contributed by atoms with van der Waals surface area (Å²) in [4.78, 5) is 101. The molecule has 2 aromatic rings. The van der Waals surface area contributed by atoms with Crippen LogP contribution in [0.2, 0.25) is 0 Å². The molecule has 2 atom stereocenters. The zero-order valence-corrected chi connectivity index (χ0v) is 42.2. The third kappa shape index (κ3) is 28.3. The molecule has 0 aliphatic heterocycles. The molecule has 2 rings (SSSR count). The molecular weight excluding hydrogens is 893 g/mol. The minimum atomic E-state index is -1.05. The molecule has 0 heterocycles. The van der Waals surface area contributed by atoms with Crippen LogP contribution < -0.4 is 30.7 Å². The molecular formula is C51H72N4O14. The minimum Gasteiger partial charge on any atom is -0.444 e. The predicted octanol–water partition coefficient (Wildman–Crippen LogP) is 8.93. The van der Waals surface area contributed by atoms with Crippen molar-refractivity contribution in [1.29, 1.82) is 0 Å². The summed E-state index contributed by atoms with van der Waals surface area (Å²) in [5, 5.41) is 10.5. The molecule has 2 aromatic carbocycles. The molecule has 18 nitrogen and oxygen atoms in total. The molecule has 0 aromatic heterocycles. The van der Waals surface area contributed by atoms with Crippen molar-refractivity contribution in [2.24, 2.45) is 0 Å². The first kappa shape index (κ1) is 58.4. The number of carbonyl (C=O) groups excluding carboxylic acids is 8. The average molecular weight is 965 g/mol. The molecule has 0 unspecified atom stereocenters. The third-order valence-corrected chi connectivity index (χ3v) is 8.60. The summed E-state index contributed by atoms with van der Waals surface area (Å²) in [6.07, 6.45) is 4.78. The fourth-order valence-electron chi connectivity index (χ4n) is 5.69. The summed E-state index contributed by atoms with van der Waals surface area (Å²) in [7, 11) is 0. The average Bonchev–Trinajstić information content (AvgIpc) is 3.19. The van der Waals surface area contributed by atoms with Gasteiger partial charge in [0.25, 0.3) is 0 Å². The van der Waals surface area contributed by atoms with Crippen molar-refractivity contribution in [2.45, 2.75) is 163 Å². The second kappa shape index (κ2) is 27.3. The SMILES string of the molecule is CC(C)(C)OC(=O)NCCCC[C@H](NC(=O)OC(C)(C)C)C(=O)Oc1ccc(C=CC(=O)CC(=O)C=Cc2ccc(OC(=O)[C@H](CCCCNC(=O)OC(C)(C)C)NC(=O)OC(C)(C)C)cc2)cc1. The Bertz CT molecular complexity index is 1950. The number of nitrogens with one attached hydrogen (secondary N) is 4. The summed E-state index contributed by atoms with van der Waals surface area (Å²) >= 11 is 0. The molecule has 380 valence electrons. The van der Waals surface area contributed by atoms with Gasteiger partial charge < -0.3 is 49.7 Å². The van der Waals surface area contributed by atoms with Gasteiger partial charge in [-0.25, -0.2) is 28.8 Å². The molecule has 0 aliphatic carbocycles. The number of benzene rings is 2. The van der Waals surface area contributed by atoms with Crippen LogP contribution in [0.15, 0.2) is 60.7 Å². The largest absolute Gasteiger partial charge is 0.444 e. The van der Waals surface area contributed by atoms with Crippen molar-refractivity contribution < 1.29 is 66.8 Å². The van der Waals surface area contributed by atoms with Crippen LogP contribution in [-0.4, -0.2) is 95.5 Å². The van der Waals surface area contributed by atoms with Gasteiger partial charge in [0.2, 0.25) is 0 Å². The van der Waals surface area contributed by atoms with E-state index in [1.54, 1.807) is 107 Å². The van der Waals surface area contributed by atoms with Crippen LogP contribution in [0.1, 0.15) is 139 Å². The standard InChI is InChI=1S/C51H72N4O14/c1-48(2,3)66-44(60)52-31-15-13-17-40(54-46(62)68-50(7,8)9)42(58)64-38-27-21-34(22-28-38)19-25-36(56)33-37(57)26-20-35-23-29-39(30-24-35)65-43(59)41(55-47(63)69-51(10,11)12)18-14-16-32-53-45(61)67-49(4,5)6/h19-30,40-41H,13-18,31-33H2,1-12H3,(H,52,60)(H,53,61)(H,54,62)(H,55,63)/t40-,41-/m0/s1. The first-order chi connectivity index (χ1) is 31.9. The number of carbonyl (C=O) groups is 8. The molecule has 4 N–H and O–H groups in total. The van der Waals surface area contributed by atoms with E-state index in [9.17, 15) is 38.4 Å². The van der Waals surface area contributed by atoms with Crippen LogP contribution >= 0.6 is 0 Å². The van der Waals surface area contributed by atoms with Gasteiger partial charge in [-0.2, -0.15) is 0 Å². The van der Waals surface area contributed by atoms with Crippen LogP contribution in [0, 0.1) is 0 Å². The van der Waals surface area contributed by atoms with Gasteiger partial charge in [-0.05, 0) is 169 Å². The molecule has 69 heavy (non-hydrogen) atoms. The zero-order valence-electron chi connectivity index (χ0n) is 42.2. The lowest BCUT2D eigenvalue weighted by Crippen LogP contribution is -2.45. The van der Waals surface area contributed by atoms with E-state index in [0.29, 0.717) is 49.9 Å². The fourth-order valence-corrected chi connectivity index (χ4v) is 5.69. The number of unbranched alkanes of at least 4 members (excludes halogenated alkanes) is 2. The number of rotatable bonds is 22. The number of esters is 2. The van der Waals surface area contributed by atoms with Crippen LogP contribution in [0.4, 0.5) is 19.2 Å². The summed E-state index contributed by atoms with van der Waals surface area (Å²) in [6, 6.07) is 10.4. The Morgan fingerprint density at radius 3 is 1.06 bits per heavy atom. The van der Waals surface area contributed by atoms with E-state index < -0.39 is 88.8 Å². The highest BCUT2D eigenvalue weighted by Crippen LogP contribution is 2.19. The van der Waals surface area contributed by atoms with E-state index >= 15 is 0 Å². The van der Waals surface area contributed by atoms with Crippen molar-refractivity contribution in [1.82, 2.24) is 21.3 Å². The molecule has 0 fully saturated rings. The Hall–Kier alpha value is -6.72. The molecule has 0 aliphatic rings. The van der Waals surface area contributed by atoms with E-state index in [4.69, 9.17) is 28.4 Å². The molecule has 18 heteroatoms. The topological polar surface area (TPSA) is 240 Å². The maximum absolute atomic E-state index is 13.2. The van der Waals surface area contributed by atoms with Crippen molar-refractivity contribution >= 4 is 60.0 Å². The smallest absolute Gasteiger partial charge is 0.408 e. The summed E-state index contributed by atoms with van der Waals surface area (Å²) in [5.74, 6) is -1.97. The molecule has 0 saturated carbocycles. The highest BCUT2D eigenvalue weighted by Gasteiger charge is 2.28. The van der Waals surface area contributed by atoms with Crippen molar-refractivity contribution in [3.05, 3.63) is 71.8 Å². The number of hydrogen-bond donors (Lipinski definition) is 4. The van der Waals surface area contributed by atoms with E-state index in [-0.39, 0.29) is 24.3 Å². The normalized spacial score (nSPS) is 12.8. The Morgan fingerprint density at radius 2 is 0.754 bits per heavy atom. The van der Waals surface area contributed by atoms with Crippen molar-refractivity contribution in [2.75, 3.05) is 13.1 Å². The molecule has 0 saturated heterocycles. The summed E-state index contributed by atoms with van der Waals surface area (Å²) in [6.45, 7) is 21.3. The number of allylic oxidation sites excluding steroid dienone is 2. The lowest BCUT2D eigenvalue weighted by molar-refractivity contribution is -0.137. The quantitative estimate of drug-likeness (QED) is 0.0215. The van der Waals surface area contributed by atoms with Gasteiger partial charge >= 0.3 is 36.3 Å². The highest BCUT2D eigenvalue weighted by atomic mass is 16.6. The number of hydrogen-bond acceptors (Lipinski definition) is 14. The second-order valence-electron chi connectivity index (χ2n) is 20.0. The van der Waals surface area contributed by atoms with Crippen molar-refractivity contribution in [3.63, 3.8) is 0 Å². The van der Waals surface area contributed by atoms with E-state index in [0.717, 1.165) is 0 Å². The number of alkyl carbamates (subject to hydrolysis) is 4. The van der Waals surface area contributed by atoms with Crippen LogP contribution in [0.3, 0.4) is 0 Å². The fraction of sp³-hybridized carbons (Fsp3) is 0.529. The third-order valence-electron chi connectivity index (χ3n) is 8.60. The monoisotopic (exact) mass is 965 g/mol. The number of ketones is 2. The molecule has 0 radical (unpaired) electrons. The van der Waals surface area contributed by atoms with E-state index in [1.165, 1.54) is 48.6 Å². The van der Waals surface area contributed by atoms with Gasteiger partial charge in [-0.3, -0.25) is 9.59 Å². The minimum absolute atomic E-state index is 0.190. The lowest BCUT2D eigenvalue weighted by atomic mass is 10.1. The zero-order chi connectivity index (χ0) is 52.0. The van der Waals surface area contributed by atoms with Crippen LogP contribution in [0.25, 0.3) is 12.2 Å². The van der Waals surface area contributed by atoms with Gasteiger partial charge in [0, 0.05) is 13.1 Å². The Labute approximate surface area is 406 Å². The van der Waals surface area contributed by atoms with Gasteiger partial charge in [0.1, 0.15) is 46.0 Å².